The minimum Gasteiger partial charge on any atom is -0.324 e. The van der Waals surface area contributed by atoms with Crippen LogP contribution < -0.4 is 10.6 Å². The van der Waals surface area contributed by atoms with E-state index in [9.17, 15) is 14.4 Å². The highest BCUT2D eigenvalue weighted by atomic mass is 16.2. The lowest BCUT2D eigenvalue weighted by Crippen LogP contribution is -2.44. The van der Waals surface area contributed by atoms with Crippen molar-refractivity contribution in [2.75, 3.05) is 11.9 Å². The summed E-state index contributed by atoms with van der Waals surface area (Å²) in [5.74, 6) is -0.815. The van der Waals surface area contributed by atoms with Crippen LogP contribution in [0.15, 0.2) is 48.5 Å². The molecule has 6 heteroatoms. The fraction of sp³-hybridized carbons (Fsp3) is 0.286. The smallest absolute Gasteiger partial charge is 0.324 e. The normalized spacial score (nSPS) is 19.1. The van der Waals surface area contributed by atoms with Gasteiger partial charge in [-0.3, -0.25) is 14.5 Å². The zero-order chi connectivity index (χ0) is 19.6. The van der Waals surface area contributed by atoms with Crippen molar-refractivity contribution in [2.45, 2.75) is 32.7 Å². The van der Waals surface area contributed by atoms with E-state index in [0.29, 0.717) is 17.7 Å². The number of carbonyl (C=O) groups is 3. The molecule has 0 saturated carbocycles. The third-order valence-corrected chi connectivity index (χ3v) is 5.15. The molecule has 1 fully saturated rings. The van der Waals surface area contributed by atoms with Crippen LogP contribution in [-0.4, -0.2) is 29.3 Å². The summed E-state index contributed by atoms with van der Waals surface area (Å²) >= 11 is 0. The van der Waals surface area contributed by atoms with Crippen molar-refractivity contribution in [3.05, 3.63) is 65.2 Å². The Kier molecular flexibility index (Phi) is 4.99. The molecule has 1 unspecified atom stereocenters. The number of amides is 4. The molecule has 2 aromatic rings. The van der Waals surface area contributed by atoms with Gasteiger partial charge in [0.05, 0.1) is 0 Å². The molecule has 3 rings (SSSR count). The van der Waals surface area contributed by atoms with Crippen LogP contribution in [0.3, 0.4) is 0 Å². The highest BCUT2D eigenvalue weighted by Gasteiger charge is 2.51. The fourth-order valence-electron chi connectivity index (χ4n) is 3.35. The fourth-order valence-corrected chi connectivity index (χ4v) is 3.35. The third-order valence-electron chi connectivity index (χ3n) is 5.15. The van der Waals surface area contributed by atoms with Crippen LogP contribution in [0.1, 0.15) is 30.0 Å². The Labute approximate surface area is 158 Å². The summed E-state index contributed by atoms with van der Waals surface area (Å²) in [6.45, 7) is 5.38. The second-order valence-electron chi connectivity index (χ2n) is 6.74. The molecule has 27 heavy (non-hydrogen) atoms. The zero-order valence-corrected chi connectivity index (χ0v) is 15.7. The molecule has 0 spiro atoms. The lowest BCUT2D eigenvalue weighted by Gasteiger charge is -2.25. The summed E-state index contributed by atoms with van der Waals surface area (Å²) in [4.78, 5) is 39.0. The molecule has 4 amide bonds. The summed E-state index contributed by atoms with van der Waals surface area (Å²) in [6, 6.07) is 14.2. The zero-order valence-electron chi connectivity index (χ0n) is 15.7. The van der Waals surface area contributed by atoms with Crippen LogP contribution in [0.5, 0.6) is 0 Å². The molecule has 0 radical (unpaired) electrons. The molecule has 1 aliphatic heterocycles. The summed E-state index contributed by atoms with van der Waals surface area (Å²) in [5.41, 5.74) is 2.27. The maximum atomic E-state index is 13.0. The van der Waals surface area contributed by atoms with E-state index in [-0.39, 0.29) is 6.54 Å². The predicted octanol–water partition coefficient (Wildman–Crippen LogP) is 3.10. The van der Waals surface area contributed by atoms with E-state index in [4.69, 9.17) is 0 Å². The average molecular weight is 365 g/mol. The van der Waals surface area contributed by atoms with Crippen LogP contribution in [-0.2, 0) is 15.1 Å². The molecule has 2 N–H and O–H groups in total. The molecule has 0 aliphatic carbocycles. The number of urea groups is 1. The molecule has 0 bridgehead atoms. The Morgan fingerprint density at radius 2 is 1.78 bits per heavy atom. The minimum atomic E-state index is -1.13. The van der Waals surface area contributed by atoms with Gasteiger partial charge < -0.3 is 10.6 Å². The lowest BCUT2D eigenvalue weighted by molar-refractivity contribution is -0.134. The van der Waals surface area contributed by atoms with Crippen LogP contribution in [0, 0.1) is 13.8 Å². The molecule has 1 aliphatic rings. The topological polar surface area (TPSA) is 78.5 Å². The van der Waals surface area contributed by atoms with Gasteiger partial charge in [-0.25, -0.2) is 4.79 Å². The number of aryl methyl sites for hydroxylation is 1. The van der Waals surface area contributed by atoms with Crippen molar-refractivity contribution in [1.29, 1.82) is 0 Å². The van der Waals surface area contributed by atoms with Crippen molar-refractivity contribution in [3.8, 4) is 0 Å². The summed E-state index contributed by atoms with van der Waals surface area (Å²) in [5, 5.41) is 5.57. The maximum Gasteiger partial charge on any atom is 0.325 e. The van der Waals surface area contributed by atoms with Gasteiger partial charge in [-0.15, -0.1) is 0 Å². The highest BCUT2D eigenvalue weighted by molar-refractivity contribution is 6.10. The molecule has 1 saturated heterocycles. The average Bonchev–Trinajstić information content (AvgIpc) is 2.91. The van der Waals surface area contributed by atoms with Gasteiger partial charge in [0.1, 0.15) is 12.1 Å². The quantitative estimate of drug-likeness (QED) is 0.799. The number of nitrogens with zero attached hydrogens (tertiary/aromatic N) is 1. The van der Waals surface area contributed by atoms with Crippen LogP contribution in [0.4, 0.5) is 10.5 Å². The van der Waals surface area contributed by atoms with Gasteiger partial charge in [0.2, 0.25) is 5.91 Å². The van der Waals surface area contributed by atoms with Gasteiger partial charge in [0.25, 0.3) is 5.91 Å². The maximum absolute atomic E-state index is 13.0. The van der Waals surface area contributed by atoms with Gasteiger partial charge in [-0.2, -0.15) is 0 Å². The Morgan fingerprint density at radius 1 is 1.07 bits per heavy atom. The Hall–Kier alpha value is -3.15. The van der Waals surface area contributed by atoms with E-state index in [1.165, 1.54) is 0 Å². The monoisotopic (exact) mass is 365 g/mol. The summed E-state index contributed by atoms with van der Waals surface area (Å²) in [6.07, 6.45) is 0.399. The van der Waals surface area contributed by atoms with Crippen molar-refractivity contribution in [1.82, 2.24) is 10.2 Å². The van der Waals surface area contributed by atoms with Gasteiger partial charge in [-0.1, -0.05) is 49.4 Å². The molecule has 6 nitrogen and oxygen atoms in total. The first kappa shape index (κ1) is 18.6. The summed E-state index contributed by atoms with van der Waals surface area (Å²) < 4.78 is 0. The Morgan fingerprint density at radius 3 is 2.44 bits per heavy atom. The number of nitrogens with one attached hydrogen (secondary N) is 2. The standard InChI is InChI=1S/C21H23N3O3/c1-4-21(16-10-6-5-7-11-16)19(26)24(20(27)23-21)13-18(25)22-17-12-8-9-14(2)15(17)3/h5-12H,4,13H2,1-3H3,(H,22,25)(H,23,27). The van der Waals surface area contributed by atoms with Gasteiger partial charge in [-0.05, 0) is 43.0 Å². The van der Waals surface area contributed by atoms with Gasteiger partial charge in [0, 0.05) is 5.69 Å². The number of benzene rings is 2. The molecule has 1 heterocycles. The van der Waals surface area contributed by atoms with E-state index in [1.807, 2.05) is 51.1 Å². The first-order valence-electron chi connectivity index (χ1n) is 8.94. The number of rotatable bonds is 5. The van der Waals surface area contributed by atoms with Crippen LogP contribution >= 0.6 is 0 Å². The molecule has 140 valence electrons. The number of hydrogen-bond acceptors (Lipinski definition) is 3. The number of carbonyl (C=O) groups excluding carboxylic acids is 3. The van der Waals surface area contributed by atoms with Crippen molar-refractivity contribution in [3.63, 3.8) is 0 Å². The Balaban J connectivity index is 1.79. The molecule has 2 aromatic carbocycles. The van der Waals surface area contributed by atoms with E-state index < -0.39 is 23.4 Å². The second-order valence-corrected chi connectivity index (χ2v) is 6.74. The summed E-state index contributed by atoms with van der Waals surface area (Å²) in [7, 11) is 0. The first-order valence-corrected chi connectivity index (χ1v) is 8.94. The SMILES string of the molecule is CCC1(c2ccccc2)NC(=O)N(CC(=O)Nc2cccc(C)c2C)C1=O. The molecular weight excluding hydrogens is 342 g/mol. The van der Waals surface area contributed by atoms with E-state index in [1.54, 1.807) is 18.2 Å². The largest absolute Gasteiger partial charge is 0.325 e. The lowest BCUT2D eigenvalue weighted by atomic mass is 9.87. The van der Waals surface area contributed by atoms with Crippen molar-refractivity contribution >= 4 is 23.5 Å². The van der Waals surface area contributed by atoms with Crippen molar-refractivity contribution < 1.29 is 14.4 Å². The van der Waals surface area contributed by atoms with E-state index in [0.717, 1.165) is 16.0 Å². The number of anilines is 1. The number of imide groups is 1. The number of hydrogen-bond donors (Lipinski definition) is 2. The molecular formula is C21H23N3O3. The minimum absolute atomic E-state index is 0.327. The van der Waals surface area contributed by atoms with E-state index in [2.05, 4.69) is 10.6 Å². The third kappa shape index (κ3) is 3.30. The first-order chi connectivity index (χ1) is 12.9. The van der Waals surface area contributed by atoms with Crippen LogP contribution in [0.25, 0.3) is 0 Å². The van der Waals surface area contributed by atoms with Crippen molar-refractivity contribution in [2.24, 2.45) is 0 Å². The highest BCUT2D eigenvalue weighted by Crippen LogP contribution is 2.32. The van der Waals surface area contributed by atoms with Gasteiger partial charge >= 0.3 is 6.03 Å². The second kappa shape index (κ2) is 7.23. The van der Waals surface area contributed by atoms with Gasteiger partial charge in [0.15, 0.2) is 0 Å². The molecule has 0 aromatic heterocycles. The van der Waals surface area contributed by atoms with E-state index >= 15 is 0 Å². The predicted molar refractivity (Wildman–Crippen MR) is 103 cm³/mol. The Bertz CT molecular complexity index is 895. The van der Waals surface area contributed by atoms with Crippen LogP contribution in [0.2, 0.25) is 0 Å². The molecule has 1 atom stereocenters.